The van der Waals surface area contributed by atoms with Crippen LogP contribution in [-0.4, -0.2) is 28.9 Å². The van der Waals surface area contributed by atoms with E-state index in [9.17, 15) is 4.79 Å². The van der Waals surface area contributed by atoms with E-state index in [1.807, 2.05) is 0 Å². The summed E-state index contributed by atoms with van der Waals surface area (Å²) in [5, 5.41) is 0. The fourth-order valence-electron chi connectivity index (χ4n) is 3.82. The predicted octanol–water partition coefficient (Wildman–Crippen LogP) is 1.82. The lowest BCUT2D eigenvalue weighted by Gasteiger charge is -2.38. The topological polar surface area (TPSA) is 46.3 Å². The van der Waals surface area contributed by atoms with E-state index < -0.39 is 0 Å². The Labute approximate surface area is 103 Å². The largest absolute Gasteiger partial charge is 0.337 e. The maximum absolute atomic E-state index is 12.4. The van der Waals surface area contributed by atoms with E-state index in [4.69, 9.17) is 5.73 Å². The molecule has 17 heavy (non-hydrogen) atoms. The molecule has 0 aromatic rings. The van der Waals surface area contributed by atoms with Gasteiger partial charge in [0.25, 0.3) is 0 Å². The minimum Gasteiger partial charge on any atom is -0.337 e. The lowest BCUT2D eigenvalue weighted by atomic mass is 9.96. The minimum absolute atomic E-state index is 0.322. The highest BCUT2D eigenvalue weighted by atomic mass is 16.2. The average molecular weight is 234 g/mol. The summed E-state index contributed by atoms with van der Waals surface area (Å²) in [5.41, 5.74) is 6.03. The van der Waals surface area contributed by atoms with Crippen LogP contribution in [0.15, 0.2) is 12.2 Å². The van der Waals surface area contributed by atoms with Crippen LogP contribution in [0.5, 0.6) is 0 Å². The molecule has 2 heterocycles. The second-order valence-corrected chi connectivity index (χ2v) is 5.89. The van der Waals surface area contributed by atoms with E-state index in [-0.39, 0.29) is 0 Å². The number of hydrogen-bond acceptors (Lipinski definition) is 2. The van der Waals surface area contributed by atoms with E-state index in [1.165, 1.54) is 12.8 Å². The Morgan fingerprint density at radius 3 is 2.53 bits per heavy atom. The number of fused-ring (bicyclic) bond motifs is 2. The first-order valence-electron chi connectivity index (χ1n) is 6.97. The van der Waals surface area contributed by atoms with Crippen molar-refractivity contribution in [1.29, 1.82) is 0 Å². The molecule has 94 valence electrons. The summed E-state index contributed by atoms with van der Waals surface area (Å²) in [4.78, 5) is 14.5. The summed E-state index contributed by atoms with van der Waals surface area (Å²) in [6.45, 7) is 0. The van der Waals surface area contributed by atoms with Crippen molar-refractivity contribution < 1.29 is 4.79 Å². The summed E-state index contributed by atoms with van der Waals surface area (Å²) >= 11 is 0. The number of rotatable bonds is 2. The zero-order chi connectivity index (χ0) is 11.8. The molecule has 2 N–H and O–H groups in total. The highest BCUT2D eigenvalue weighted by Gasteiger charge is 2.42. The van der Waals surface area contributed by atoms with E-state index in [1.54, 1.807) is 0 Å². The maximum atomic E-state index is 12.4. The molecule has 2 bridgehead atoms. The van der Waals surface area contributed by atoms with Gasteiger partial charge in [0.15, 0.2) is 0 Å². The molecule has 3 rings (SSSR count). The molecule has 3 atom stereocenters. The Balaban J connectivity index is 1.64. The zero-order valence-electron chi connectivity index (χ0n) is 10.3. The zero-order valence-corrected chi connectivity index (χ0v) is 10.3. The Kier molecular flexibility index (Phi) is 2.95. The van der Waals surface area contributed by atoms with Gasteiger partial charge in [0.1, 0.15) is 0 Å². The summed E-state index contributed by atoms with van der Waals surface area (Å²) < 4.78 is 0. The average Bonchev–Trinajstić information content (AvgIpc) is 2.86. The van der Waals surface area contributed by atoms with Crippen LogP contribution in [0.1, 0.15) is 44.9 Å². The van der Waals surface area contributed by atoms with E-state index in [0.29, 0.717) is 30.0 Å². The summed E-state index contributed by atoms with van der Waals surface area (Å²) in [7, 11) is 0. The van der Waals surface area contributed by atoms with Crippen LogP contribution in [-0.2, 0) is 4.79 Å². The molecule has 0 spiro atoms. The maximum Gasteiger partial charge on any atom is 0.223 e. The van der Waals surface area contributed by atoms with Crippen LogP contribution in [0.3, 0.4) is 0 Å². The third-order valence-electron chi connectivity index (χ3n) is 4.61. The van der Waals surface area contributed by atoms with Gasteiger partial charge >= 0.3 is 0 Å². The van der Waals surface area contributed by atoms with Crippen molar-refractivity contribution in [2.24, 2.45) is 11.7 Å². The van der Waals surface area contributed by atoms with Crippen molar-refractivity contribution in [3.63, 3.8) is 0 Å². The van der Waals surface area contributed by atoms with Crippen LogP contribution < -0.4 is 5.73 Å². The van der Waals surface area contributed by atoms with E-state index >= 15 is 0 Å². The van der Waals surface area contributed by atoms with Gasteiger partial charge in [0.05, 0.1) is 0 Å². The molecule has 2 fully saturated rings. The molecule has 2 saturated heterocycles. The summed E-state index contributed by atoms with van der Waals surface area (Å²) in [6.07, 6.45) is 11.8. The predicted molar refractivity (Wildman–Crippen MR) is 67.3 cm³/mol. The molecule has 0 aromatic carbocycles. The molecular formula is C14H22N2O. The lowest BCUT2D eigenvalue weighted by Crippen LogP contribution is -2.50. The molecule has 2 aliphatic heterocycles. The molecule has 3 heteroatoms. The van der Waals surface area contributed by atoms with Crippen LogP contribution in [0, 0.1) is 5.92 Å². The first-order valence-corrected chi connectivity index (χ1v) is 6.97. The standard InChI is InChI=1S/C14H22N2O/c15-11-8-12-5-6-13(9-11)16(12)14(17)7-10-3-1-2-4-10/h1,3,10-13H,2,4-9,15H2. The van der Waals surface area contributed by atoms with Crippen LogP contribution in [0.2, 0.25) is 0 Å². The van der Waals surface area contributed by atoms with Gasteiger partial charge in [-0.15, -0.1) is 0 Å². The number of hydrogen-bond donors (Lipinski definition) is 1. The van der Waals surface area contributed by atoms with Crippen molar-refractivity contribution >= 4 is 5.91 Å². The molecule has 0 saturated carbocycles. The normalized spacial score (nSPS) is 39.9. The van der Waals surface area contributed by atoms with Crippen molar-refractivity contribution in [2.75, 3.05) is 0 Å². The Hall–Kier alpha value is -0.830. The molecule has 3 aliphatic rings. The van der Waals surface area contributed by atoms with Crippen molar-refractivity contribution in [3.8, 4) is 0 Å². The summed E-state index contributed by atoms with van der Waals surface area (Å²) in [6, 6.07) is 1.21. The molecule has 3 nitrogen and oxygen atoms in total. The highest BCUT2D eigenvalue weighted by molar-refractivity contribution is 5.78. The van der Waals surface area contributed by atoms with E-state index in [0.717, 1.165) is 32.1 Å². The fourth-order valence-corrected chi connectivity index (χ4v) is 3.82. The number of allylic oxidation sites excluding steroid dienone is 2. The van der Waals surface area contributed by atoms with Crippen LogP contribution >= 0.6 is 0 Å². The van der Waals surface area contributed by atoms with Gasteiger partial charge in [-0.2, -0.15) is 0 Å². The Bertz CT molecular complexity index is 325. The number of amides is 1. The second-order valence-electron chi connectivity index (χ2n) is 5.89. The fraction of sp³-hybridized carbons (Fsp3) is 0.786. The second kappa shape index (κ2) is 4.45. The first kappa shape index (κ1) is 11.3. The third-order valence-corrected chi connectivity index (χ3v) is 4.61. The van der Waals surface area contributed by atoms with Crippen LogP contribution in [0.25, 0.3) is 0 Å². The first-order chi connectivity index (χ1) is 8.24. The molecule has 0 radical (unpaired) electrons. The van der Waals surface area contributed by atoms with Crippen molar-refractivity contribution in [3.05, 3.63) is 12.2 Å². The lowest BCUT2D eigenvalue weighted by molar-refractivity contribution is -0.136. The minimum atomic E-state index is 0.322. The van der Waals surface area contributed by atoms with Gasteiger partial charge in [-0.3, -0.25) is 4.79 Å². The van der Waals surface area contributed by atoms with Crippen molar-refractivity contribution in [1.82, 2.24) is 4.90 Å². The quantitative estimate of drug-likeness (QED) is 0.741. The van der Waals surface area contributed by atoms with Gasteiger partial charge in [0.2, 0.25) is 5.91 Å². The van der Waals surface area contributed by atoms with Gasteiger partial charge < -0.3 is 10.6 Å². The number of nitrogens with zero attached hydrogens (tertiary/aromatic N) is 1. The number of piperidine rings is 1. The SMILES string of the molecule is NC1CC2CCC(C1)N2C(=O)CC1C=CCC1. The summed E-state index contributed by atoms with van der Waals surface area (Å²) in [5.74, 6) is 0.874. The molecular weight excluding hydrogens is 212 g/mol. The smallest absolute Gasteiger partial charge is 0.223 e. The highest BCUT2D eigenvalue weighted by Crippen LogP contribution is 2.36. The van der Waals surface area contributed by atoms with E-state index in [2.05, 4.69) is 17.1 Å². The van der Waals surface area contributed by atoms with Gasteiger partial charge in [-0.05, 0) is 44.4 Å². The van der Waals surface area contributed by atoms with Gasteiger partial charge in [-0.25, -0.2) is 0 Å². The number of carbonyl (C=O) groups is 1. The van der Waals surface area contributed by atoms with Gasteiger partial charge in [0, 0.05) is 24.5 Å². The molecule has 0 aromatic heterocycles. The Morgan fingerprint density at radius 1 is 1.24 bits per heavy atom. The number of nitrogens with two attached hydrogens (primary N) is 1. The monoisotopic (exact) mass is 234 g/mol. The third kappa shape index (κ3) is 2.13. The molecule has 1 amide bonds. The van der Waals surface area contributed by atoms with Crippen LogP contribution in [0.4, 0.5) is 0 Å². The number of carbonyl (C=O) groups excluding carboxylic acids is 1. The molecule has 1 aliphatic carbocycles. The molecule has 3 unspecified atom stereocenters. The Morgan fingerprint density at radius 2 is 1.94 bits per heavy atom. The van der Waals surface area contributed by atoms with Crippen molar-refractivity contribution in [2.45, 2.75) is 63.1 Å². The van der Waals surface area contributed by atoms with Gasteiger partial charge in [-0.1, -0.05) is 12.2 Å².